The number of esters is 2. The summed E-state index contributed by atoms with van der Waals surface area (Å²) >= 11 is 1.35. The molecular formula is C28H22O10S3. The molecule has 10 nitrogen and oxygen atoms in total. The van der Waals surface area contributed by atoms with Crippen molar-refractivity contribution >= 4 is 43.9 Å². The van der Waals surface area contributed by atoms with Crippen LogP contribution < -0.4 is 17.8 Å². The number of hydrogen-bond acceptors (Lipinski definition) is 11. The van der Waals surface area contributed by atoms with Crippen LogP contribution in [0.5, 0.6) is 23.0 Å². The number of carbonyl (C=O) groups excluding carboxylic acids is 2. The standard InChI is InChI=1S/C28H22O10S3/c1-19(29)35-21-7-15-27(16-8-21)40(31,32)37-23-3-11-25(12-4-23)39-26-13-5-24(6-14-26)38-41(33,34)28-17-9-22(10-18-28)36-20(2)30/h3-18H,1-2H3. The van der Waals surface area contributed by atoms with Gasteiger partial charge in [0.1, 0.15) is 32.8 Å². The van der Waals surface area contributed by atoms with Gasteiger partial charge in [-0.3, -0.25) is 9.59 Å². The van der Waals surface area contributed by atoms with Crippen LogP contribution in [0.3, 0.4) is 0 Å². The summed E-state index contributed by atoms with van der Waals surface area (Å²) in [4.78, 5) is 23.4. The fourth-order valence-electron chi connectivity index (χ4n) is 3.29. The molecular weight excluding hydrogens is 592 g/mol. The molecule has 0 spiro atoms. The van der Waals surface area contributed by atoms with Crippen molar-refractivity contribution in [1.82, 2.24) is 0 Å². The Labute approximate surface area is 241 Å². The predicted octanol–water partition coefficient (Wildman–Crippen LogP) is 5.22. The number of carbonyl (C=O) groups is 2. The molecule has 0 bridgehead atoms. The molecule has 0 saturated carbocycles. The van der Waals surface area contributed by atoms with E-state index < -0.39 is 32.2 Å². The highest BCUT2D eigenvalue weighted by Crippen LogP contribution is 2.32. The molecule has 0 aliphatic carbocycles. The zero-order valence-electron chi connectivity index (χ0n) is 21.5. The van der Waals surface area contributed by atoms with Crippen molar-refractivity contribution < 1.29 is 44.3 Å². The van der Waals surface area contributed by atoms with Crippen molar-refractivity contribution in [3.8, 4) is 23.0 Å². The van der Waals surface area contributed by atoms with Crippen LogP contribution in [0.2, 0.25) is 0 Å². The van der Waals surface area contributed by atoms with E-state index in [0.29, 0.717) is 0 Å². The Kier molecular flexibility index (Phi) is 9.01. The average Bonchev–Trinajstić information content (AvgIpc) is 2.90. The highest BCUT2D eigenvalue weighted by molar-refractivity contribution is 7.99. The van der Waals surface area contributed by atoms with Crippen LogP contribution in [0, 0.1) is 0 Å². The first-order chi connectivity index (χ1) is 19.4. The van der Waals surface area contributed by atoms with E-state index in [9.17, 15) is 26.4 Å². The molecule has 0 aromatic heterocycles. The van der Waals surface area contributed by atoms with Gasteiger partial charge in [0.25, 0.3) is 0 Å². The van der Waals surface area contributed by atoms with Gasteiger partial charge < -0.3 is 17.8 Å². The van der Waals surface area contributed by atoms with E-state index in [4.69, 9.17) is 17.8 Å². The Morgan fingerprint density at radius 1 is 0.488 bits per heavy atom. The Balaban J connectivity index is 1.35. The second kappa shape index (κ2) is 12.5. The van der Waals surface area contributed by atoms with Crippen molar-refractivity contribution in [2.24, 2.45) is 0 Å². The average molecular weight is 615 g/mol. The van der Waals surface area contributed by atoms with E-state index in [1.807, 2.05) is 0 Å². The maximum Gasteiger partial charge on any atom is 0.339 e. The minimum Gasteiger partial charge on any atom is -0.427 e. The molecule has 4 aromatic carbocycles. The summed E-state index contributed by atoms with van der Waals surface area (Å²) in [6.07, 6.45) is 0. The van der Waals surface area contributed by atoms with Gasteiger partial charge in [-0.1, -0.05) is 11.8 Å². The van der Waals surface area contributed by atoms with Crippen molar-refractivity contribution in [3.63, 3.8) is 0 Å². The Morgan fingerprint density at radius 2 is 0.780 bits per heavy atom. The Morgan fingerprint density at radius 3 is 1.07 bits per heavy atom. The van der Waals surface area contributed by atoms with Crippen LogP contribution in [-0.2, 0) is 29.8 Å². The van der Waals surface area contributed by atoms with E-state index in [0.717, 1.165) is 9.79 Å². The lowest BCUT2D eigenvalue weighted by Gasteiger charge is -2.09. The molecule has 0 fully saturated rings. The van der Waals surface area contributed by atoms with E-state index in [1.165, 1.54) is 98.4 Å². The minimum atomic E-state index is -4.11. The van der Waals surface area contributed by atoms with Gasteiger partial charge in [0, 0.05) is 23.6 Å². The van der Waals surface area contributed by atoms with Gasteiger partial charge in [0.15, 0.2) is 0 Å². The number of rotatable bonds is 10. The zero-order chi connectivity index (χ0) is 29.6. The molecule has 0 N–H and O–H groups in total. The van der Waals surface area contributed by atoms with Gasteiger partial charge in [-0.15, -0.1) is 0 Å². The molecule has 0 aliphatic heterocycles. The summed E-state index contributed by atoms with van der Waals surface area (Å²) in [5, 5.41) is 0. The quantitative estimate of drug-likeness (QED) is 0.132. The third kappa shape index (κ3) is 8.33. The van der Waals surface area contributed by atoms with Gasteiger partial charge in [-0.05, 0) is 97.1 Å². The SMILES string of the molecule is CC(=O)Oc1ccc(S(=O)(=O)Oc2ccc(Sc3ccc(OS(=O)(=O)c4ccc(OC(C)=O)cc4)cc3)cc2)cc1. The molecule has 41 heavy (non-hydrogen) atoms. The normalized spacial score (nSPS) is 11.4. The van der Waals surface area contributed by atoms with Gasteiger partial charge in [-0.25, -0.2) is 0 Å². The number of hydrogen-bond donors (Lipinski definition) is 0. The van der Waals surface area contributed by atoms with Crippen LogP contribution >= 0.6 is 11.8 Å². The van der Waals surface area contributed by atoms with Gasteiger partial charge >= 0.3 is 32.2 Å². The summed E-state index contributed by atoms with van der Waals surface area (Å²) in [6, 6.07) is 23.2. The van der Waals surface area contributed by atoms with E-state index >= 15 is 0 Å². The third-order valence-electron chi connectivity index (χ3n) is 5.04. The van der Waals surface area contributed by atoms with Crippen LogP contribution in [0.25, 0.3) is 0 Å². The first kappa shape index (κ1) is 29.6. The van der Waals surface area contributed by atoms with Crippen LogP contribution in [0.4, 0.5) is 0 Å². The van der Waals surface area contributed by atoms with Gasteiger partial charge in [0.2, 0.25) is 0 Å². The lowest BCUT2D eigenvalue weighted by atomic mass is 10.3. The molecule has 0 saturated heterocycles. The molecule has 212 valence electrons. The Hall–Kier alpha value is -4.33. The summed E-state index contributed by atoms with van der Waals surface area (Å²) < 4.78 is 70.5. The monoisotopic (exact) mass is 614 g/mol. The maximum absolute atomic E-state index is 12.6. The highest BCUT2D eigenvalue weighted by atomic mass is 32.2. The molecule has 4 rings (SSSR count). The van der Waals surface area contributed by atoms with Gasteiger partial charge in [0.05, 0.1) is 0 Å². The fourth-order valence-corrected chi connectivity index (χ4v) is 5.97. The molecule has 13 heteroatoms. The van der Waals surface area contributed by atoms with Crippen molar-refractivity contribution in [1.29, 1.82) is 0 Å². The largest absolute Gasteiger partial charge is 0.427 e. The zero-order valence-corrected chi connectivity index (χ0v) is 24.0. The van der Waals surface area contributed by atoms with Crippen LogP contribution in [0.15, 0.2) is 117 Å². The summed E-state index contributed by atoms with van der Waals surface area (Å²) in [5.74, 6) is -0.402. The third-order valence-corrected chi connectivity index (χ3v) is 8.58. The molecule has 4 aromatic rings. The molecule has 0 heterocycles. The molecule has 0 aliphatic rings. The minimum absolute atomic E-state index is 0.102. The first-order valence-electron chi connectivity index (χ1n) is 11.7. The van der Waals surface area contributed by atoms with Crippen molar-refractivity contribution in [2.45, 2.75) is 33.4 Å². The van der Waals surface area contributed by atoms with E-state index in [-0.39, 0.29) is 32.8 Å². The van der Waals surface area contributed by atoms with E-state index in [1.54, 1.807) is 24.3 Å². The smallest absolute Gasteiger partial charge is 0.339 e. The summed E-state index contributed by atoms with van der Waals surface area (Å²) in [7, 11) is -8.21. The fraction of sp³-hybridized carbons (Fsp3) is 0.0714. The van der Waals surface area contributed by atoms with Crippen molar-refractivity contribution in [3.05, 3.63) is 97.1 Å². The number of ether oxygens (including phenoxy) is 2. The van der Waals surface area contributed by atoms with Crippen LogP contribution in [0.1, 0.15) is 13.8 Å². The second-order valence-corrected chi connectivity index (χ2v) is 12.5. The first-order valence-corrected chi connectivity index (χ1v) is 15.4. The van der Waals surface area contributed by atoms with Crippen molar-refractivity contribution in [2.75, 3.05) is 0 Å². The summed E-state index contributed by atoms with van der Waals surface area (Å²) in [6.45, 7) is 2.48. The second-order valence-electron chi connectivity index (χ2n) is 8.25. The highest BCUT2D eigenvalue weighted by Gasteiger charge is 2.18. The molecule has 0 amide bonds. The topological polar surface area (TPSA) is 139 Å². The lowest BCUT2D eigenvalue weighted by molar-refractivity contribution is -0.132. The lowest BCUT2D eigenvalue weighted by Crippen LogP contribution is -2.10. The maximum atomic E-state index is 12.6. The molecule has 0 unspecified atom stereocenters. The van der Waals surface area contributed by atoms with Crippen LogP contribution in [-0.4, -0.2) is 28.8 Å². The number of benzene rings is 4. The van der Waals surface area contributed by atoms with E-state index in [2.05, 4.69) is 0 Å². The Bertz CT molecular complexity index is 1610. The molecule has 0 radical (unpaired) electrons. The van der Waals surface area contributed by atoms with Gasteiger partial charge in [-0.2, -0.15) is 16.8 Å². The summed E-state index contributed by atoms with van der Waals surface area (Å²) in [5.41, 5.74) is 0. The predicted molar refractivity (Wildman–Crippen MR) is 148 cm³/mol. The molecule has 0 atom stereocenters.